The fourth-order valence-corrected chi connectivity index (χ4v) is 3.66. The SMILES string of the molecule is COC1(C(=O)N2C[C@@H]3C[C@H](O)[C@@H]3C2)CCNCC1. The van der Waals surface area contributed by atoms with Crippen molar-refractivity contribution in [3.63, 3.8) is 0 Å². The Morgan fingerprint density at radius 2 is 2.11 bits per heavy atom. The van der Waals surface area contributed by atoms with Crippen molar-refractivity contribution in [1.29, 1.82) is 0 Å². The Morgan fingerprint density at radius 3 is 2.67 bits per heavy atom. The Labute approximate surface area is 107 Å². The van der Waals surface area contributed by atoms with Crippen molar-refractivity contribution in [3.05, 3.63) is 0 Å². The highest BCUT2D eigenvalue weighted by atomic mass is 16.5. The first-order valence-electron chi connectivity index (χ1n) is 6.89. The predicted molar refractivity (Wildman–Crippen MR) is 66.0 cm³/mol. The van der Waals surface area contributed by atoms with E-state index in [0.29, 0.717) is 18.4 Å². The molecule has 0 radical (unpaired) electrons. The number of aliphatic hydroxyl groups is 1. The Balaban J connectivity index is 1.70. The summed E-state index contributed by atoms with van der Waals surface area (Å²) in [7, 11) is 1.64. The zero-order valence-corrected chi connectivity index (χ0v) is 10.9. The first-order chi connectivity index (χ1) is 8.66. The molecule has 2 N–H and O–H groups in total. The van der Waals surface area contributed by atoms with Crippen LogP contribution in [0.5, 0.6) is 0 Å². The lowest BCUT2D eigenvalue weighted by atomic mass is 9.74. The molecule has 5 nitrogen and oxygen atoms in total. The number of aliphatic hydroxyl groups excluding tert-OH is 1. The van der Waals surface area contributed by atoms with E-state index in [4.69, 9.17) is 4.74 Å². The van der Waals surface area contributed by atoms with E-state index in [2.05, 4.69) is 5.32 Å². The fourth-order valence-electron chi connectivity index (χ4n) is 3.66. The molecule has 5 heteroatoms. The number of piperidine rings is 1. The zero-order chi connectivity index (χ0) is 12.8. The number of nitrogens with one attached hydrogen (secondary N) is 1. The van der Waals surface area contributed by atoms with Crippen LogP contribution in [0.2, 0.25) is 0 Å². The summed E-state index contributed by atoms with van der Waals surface area (Å²) in [6.45, 7) is 3.19. The summed E-state index contributed by atoms with van der Waals surface area (Å²) in [6, 6.07) is 0. The maximum Gasteiger partial charge on any atom is 0.254 e. The van der Waals surface area contributed by atoms with E-state index < -0.39 is 5.60 Å². The molecule has 2 saturated heterocycles. The summed E-state index contributed by atoms with van der Waals surface area (Å²) in [4.78, 5) is 14.6. The van der Waals surface area contributed by atoms with Crippen molar-refractivity contribution < 1.29 is 14.6 Å². The molecule has 3 rings (SSSR count). The summed E-state index contributed by atoms with van der Waals surface area (Å²) in [5, 5.41) is 12.9. The van der Waals surface area contributed by atoms with Gasteiger partial charge in [0.1, 0.15) is 5.60 Å². The zero-order valence-electron chi connectivity index (χ0n) is 10.9. The lowest BCUT2D eigenvalue weighted by Gasteiger charge is -2.37. The molecule has 1 saturated carbocycles. The van der Waals surface area contributed by atoms with Gasteiger partial charge in [0.25, 0.3) is 5.91 Å². The number of carbonyl (C=O) groups excluding carboxylic acids is 1. The molecule has 0 bridgehead atoms. The van der Waals surface area contributed by atoms with Crippen LogP contribution in [0, 0.1) is 11.8 Å². The number of methoxy groups -OCH3 is 1. The molecular weight excluding hydrogens is 232 g/mol. The second-order valence-electron chi connectivity index (χ2n) is 5.89. The van der Waals surface area contributed by atoms with E-state index in [-0.39, 0.29) is 12.0 Å². The van der Waals surface area contributed by atoms with Crippen molar-refractivity contribution >= 4 is 5.91 Å². The maximum absolute atomic E-state index is 12.7. The van der Waals surface area contributed by atoms with Crippen LogP contribution in [0.25, 0.3) is 0 Å². The van der Waals surface area contributed by atoms with Gasteiger partial charge in [0.2, 0.25) is 0 Å². The van der Waals surface area contributed by atoms with Crippen molar-refractivity contribution in [1.82, 2.24) is 10.2 Å². The van der Waals surface area contributed by atoms with E-state index in [9.17, 15) is 9.90 Å². The largest absolute Gasteiger partial charge is 0.393 e. The molecule has 102 valence electrons. The van der Waals surface area contributed by atoms with Crippen molar-refractivity contribution in [2.24, 2.45) is 11.8 Å². The minimum atomic E-state index is -0.625. The van der Waals surface area contributed by atoms with E-state index in [1.54, 1.807) is 7.11 Å². The lowest BCUT2D eigenvalue weighted by Crippen LogP contribution is -2.54. The maximum atomic E-state index is 12.7. The van der Waals surface area contributed by atoms with Gasteiger partial charge in [-0.25, -0.2) is 0 Å². The normalized spacial score (nSPS) is 38.1. The molecule has 0 unspecified atom stereocenters. The Morgan fingerprint density at radius 1 is 1.39 bits per heavy atom. The number of ether oxygens (including phenoxy) is 1. The molecule has 2 heterocycles. The monoisotopic (exact) mass is 254 g/mol. The van der Waals surface area contributed by atoms with Gasteiger partial charge in [-0.15, -0.1) is 0 Å². The van der Waals surface area contributed by atoms with E-state index in [1.807, 2.05) is 4.90 Å². The van der Waals surface area contributed by atoms with E-state index >= 15 is 0 Å². The van der Waals surface area contributed by atoms with Crippen molar-refractivity contribution in [3.8, 4) is 0 Å². The highest BCUT2D eigenvalue weighted by molar-refractivity contribution is 5.86. The molecule has 3 fully saturated rings. The topological polar surface area (TPSA) is 61.8 Å². The van der Waals surface area contributed by atoms with Gasteiger partial charge in [0.15, 0.2) is 0 Å². The summed E-state index contributed by atoms with van der Waals surface area (Å²) >= 11 is 0. The quantitative estimate of drug-likeness (QED) is 0.703. The number of carbonyl (C=O) groups is 1. The third-order valence-corrected chi connectivity index (χ3v) is 5.01. The molecule has 0 aromatic carbocycles. The number of hydrogen-bond acceptors (Lipinski definition) is 4. The molecule has 0 aromatic rings. The molecule has 0 spiro atoms. The average Bonchev–Trinajstić information content (AvgIpc) is 2.76. The van der Waals surface area contributed by atoms with Crippen LogP contribution >= 0.6 is 0 Å². The van der Waals surface area contributed by atoms with Gasteiger partial charge in [-0.05, 0) is 38.3 Å². The highest BCUT2D eigenvalue weighted by Gasteiger charge is 2.51. The molecule has 0 aromatic heterocycles. The Hall–Kier alpha value is -0.650. The van der Waals surface area contributed by atoms with E-state index in [0.717, 1.165) is 38.9 Å². The van der Waals surface area contributed by atoms with Crippen LogP contribution in [0.1, 0.15) is 19.3 Å². The van der Waals surface area contributed by atoms with E-state index in [1.165, 1.54) is 0 Å². The third-order valence-electron chi connectivity index (χ3n) is 5.01. The van der Waals surface area contributed by atoms with Gasteiger partial charge in [0, 0.05) is 26.1 Å². The highest BCUT2D eigenvalue weighted by Crippen LogP contribution is 2.42. The molecule has 1 aliphatic carbocycles. The second-order valence-corrected chi connectivity index (χ2v) is 5.89. The molecule has 18 heavy (non-hydrogen) atoms. The first kappa shape index (κ1) is 12.4. The minimum absolute atomic E-state index is 0.133. The smallest absolute Gasteiger partial charge is 0.254 e. The molecule has 3 aliphatic rings. The van der Waals surface area contributed by atoms with Crippen molar-refractivity contribution in [2.75, 3.05) is 33.3 Å². The van der Waals surface area contributed by atoms with Gasteiger partial charge >= 0.3 is 0 Å². The number of nitrogens with zero attached hydrogens (tertiary/aromatic N) is 1. The van der Waals surface area contributed by atoms with Crippen LogP contribution in [0.4, 0.5) is 0 Å². The van der Waals surface area contributed by atoms with Crippen LogP contribution in [-0.2, 0) is 9.53 Å². The molecular formula is C13H22N2O3. The predicted octanol–water partition coefficient (Wildman–Crippen LogP) is -0.406. The number of likely N-dealkylation sites (tertiary alicyclic amines) is 1. The van der Waals surface area contributed by atoms with Gasteiger partial charge in [0.05, 0.1) is 6.10 Å². The third kappa shape index (κ3) is 1.76. The number of amides is 1. The summed E-state index contributed by atoms with van der Waals surface area (Å²) < 4.78 is 5.58. The summed E-state index contributed by atoms with van der Waals surface area (Å²) in [5.74, 6) is 0.956. The Kier molecular flexibility index (Phi) is 3.08. The minimum Gasteiger partial charge on any atom is -0.393 e. The average molecular weight is 254 g/mol. The molecule has 2 aliphatic heterocycles. The summed E-state index contributed by atoms with van der Waals surface area (Å²) in [5.41, 5.74) is -0.625. The van der Waals surface area contributed by atoms with Gasteiger partial charge < -0.3 is 20.1 Å². The second kappa shape index (κ2) is 4.47. The molecule has 3 atom stereocenters. The number of rotatable bonds is 2. The number of hydrogen-bond donors (Lipinski definition) is 2. The van der Waals surface area contributed by atoms with Crippen LogP contribution in [0.3, 0.4) is 0 Å². The number of fused-ring (bicyclic) bond motifs is 1. The Bertz CT molecular complexity index is 341. The van der Waals surface area contributed by atoms with Crippen LogP contribution < -0.4 is 5.32 Å². The molecule has 1 amide bonds. The fraction of sp³-hybridized carbons (Fsp3) is 0.923. The van der Waals surface area contributed by atoms with Crippen LogP contribution in [0.15, 0.2) is 0 Å². The van der Waals surface area contributed by atoms with Gasteiger partial charge in [-0.2, -0.15) is 0 Å². The van der Waals surface area contributed by atoms with Gasteiger partial charge in [-0.1, -0.05) is 0 Å². The lowest BCUT2D eigenvalue weighted by molar-refractivity contribution is -0.157. The standard InChI is InChI=1S/C13H22N2O3/c1-18-13(2-4-14-5-3-13)12(17)15-7-9-6-11(16)10(9)8-15/h9-11,14,16H,2-8H2,1H3/t9-,10+,11-/m0/s1. The van der Waals surface area contributed by atoms with Crippen molar-refractivity contribution in [2.45, 2.75) is 31.0 Å². The van der Waals surface area contributed by atoms with Crippen LogP contribution in [-0.4, -0.2) is 60.9 Å². The van der Waals surface area contributed by atoms with Gasteiger partial charge in [-0.3, -0.25) is 4.79 Å². The first-order valence-corrected chi connectivity index (χ1v) is 6.89. The summed E-state index contributed by atoms with van der Waals surface area (Å²) in [6.07, 6.45) is 2.16.